The van der Waals surface area contributed by atoms with E-state index in [1.807, 2.05) is 12.1 Å². The maximum absolute atomic E-state index is 14.1. The van der Waals surface area contributed by atoms with Crippen molar-refractivity contribution in [3.8, 4) is 6.01 Å². The van der Waals surface area contributed by atoms with Crippen molar-refractivity contribution in [1.29, 1.82) is 0 Å². The van der Waals surface area contributed by atoms with E-state index in [-0.39, 0.29) is 10.9 Å². The second-order valence-corrected chi connectivity index (χ2v) is 12.9. The van der Waals surface area contributed by atoms with Crippen LogP contribution in [0.3, 0.4) is 0 Å². The van der Waals surface area contributed by atoms with Gasteiger partial charge in [-0.15, -0.1) is 0 Å². The highest BCUT2D eigenvalue weighted by Gasteiger charge is 2.45. The van der Waals surface area contributed by atoms with Crippen LogP contribution in [-0.4, -0.2) is 71.8 Å². The molecule has 1 aromatic heterocycles. The molecule has 222 valence electrons. The summed E-state index contributed by atoms with van der Waals surface area (Å²) in [5, 5.41) is 4.56. The fourth-order valence-corrected chi connectivity index (χ4v) is 8.37. The molecule has 2 bridgehead atoms. The van der Waals surface area contributed by atoms with E-state index in [1.165, 1.54) is 37.8 Å². The number of alkyl halides is 3. The fourth-order valence-electron chi connectivity index (χ4n) is 8.37. The molecule has 8 rings (SSSR count). The molecule has 5 aliphatic heterocycles. The number of rotatable bonds is 5. The summed E-state index contributed by atoms with van der Waals surface area (Å²) < 4.78 is 48.8. The molecule has 7 nitrogen and oxygen atoms in total. The van der Waals surface area contributed by atoms with Gasteiger partial charge in [-0.1, -0.05) is 24.3 Å². The van der Waals surface area contributed by atoms with E-state index in [0.29, 0.717) is 55.3 Å². The number of nitrogens with zero attached hydrogens (tertiary/aromatic N) is 5. The molecule has 1 N–H and O–H groups in total. The van der Waals surface area contributed by atoms with Gasteiger partial charge in [-0.3, -0.25) is 4.90 Å². The Bertz CT molecular complexity index is 1480. The number of hydrogen-bond acceptors (Lipinski definition) is 7. The number of nitrogens with one attached hydrogen (secondary N) is 1. The van der Waals surface area contributed by atoms with Gasteiger partial charge >= 0.3 is 12.2 Å². The van der Waals surface area contributed by atoms with Crippen LogP contribution in [0.1, 0.15) is 55.3 Å². The highest BCUT2D eigenvalue weighted by Crippen LogP contribution is 2.42. The topological polar surface area (TPSA) is 56.8 Å². The Hall–Kier alpha value is -3.11. The average Bonchev–Trinajstić information content (AvgIpc) is 3.67. The normalized spacial score (nSPS) is 25.2. The third-order valence-corrected chi connectivity index (χ3v) is 10.3. The highest BCUT2D eigenvalue weighted by atomic mass is 19.4. The zero-order valence-electron chi connectivity index (χ0n) is 23.8. The van der Waals surface area contributed by atoms with Crippen molar-refractivity contribution in [3.63, 3.8) is 0 Å². The Morgan fingerprint density at radius 1 is 0.929 bits per heavy atom. The van der Waals surface area contributed by atoms with Crippen molar-refractivity contribution in [2.24, 2.45) is 0 Å². The van der Waals surface area contributed by atoms with Gasteiger partial charge in [0, 0.05) is 48.4 Å². The minimum atomic E-state index is -4.44. The van der Waals surface area contributed by atoms with Crippen molar-refractivity contribution in [2.45, 2.75) is 75.3 Å². The first-order valence-corrected chi connectivity index (χ1v) is 15.5. The van der Waals surface area contributed by atoms with Gasteiger partial charge in [-0.05, 0) is 75.6 Å². The summed E-state index contributed by atoms with van der Waals surface area (Å²) in [5.41, 5.74) is 2.05. The number of fused-ring (bicyclic) bond motifs is 5. The Morgan fingerprint density at radius 2 is 1.67 bits per heavy atom. The van der Waals surface area contributed by atoms with Gasteiger partial charge in [-0.2, -0.15) is 23.1 Å². The molecule has 2 unspecified atom stereocenters. The molecule has 3 aromatic rings. The number of hydrogen-bond donors (Lipinski definition) is 1. The van der Waals surface area contributed by atoms with Gasteiger partial charge < -0.3 is 19.9 Å². The summed E-state index contributed by atoms with van der Waals surface area (Å²) in [5.74, 6) is 0.953. The smallest absolute Gasteiger partial charge is 0.417 e. The zero-order chi connectivity index (χ0) is 28.5. The Morgan fingerprint density at radius 3 is 2.40 bits per heavy atom. The van der Waals surface area contributed by atoms with E-state index in [0.717, 1.165) is 56.1 Å². The first-order valence-electron chi connectivity index (χ1n) is 15.5. The largest absolute Gasteiger partial charge is 0.461 e. The Kier molecular flexibility index (Phi) is 6.30. The quantitative estimate of drug-likeness (QED) is 0.449. The molecule has 2 aromatic carbocycles. The molecule has 0 radical (unpaired) electrons. The minimum absolute atomic E-state index is 0.0799. The molecular formula is C32H37F3N6O. The standard InChI is InChI=1S/C32H37F3N6O/c33-32(34,35)25-7-1-5-21-6-2-8-27(28(21)25)39-16-11-24-26(19-39)37-30(42-20-31-12-3-14-41(31)15-4-13-31)38-29(24)40-17-22-9-10-23(18-40)36-22/h1-2,5-8,22-23,36H,3-4,9-20H2. The molecule has 6 heterocycles. The summed E-state index contributed by atoms with van der Waals surface area (Å²) in [4.78, 5) is 17.0. The predicted molar refractivity (Wildman–Crippen MR) is 156 cm³/mol. The average molecular weight is 579 g/mol. The lowest BCUT2D eigenvalue weighted by molar-refractivity contribution is -0.136. The molecule has 4 fully saturated rings. The van der Waals surface area contributed by atoms with Gasteiger partial charge in [-0.25, -0.2) is 0 Å². The van der Waals surface area contributed by atoms with E-state index in [1.54, 1.807) is 12.1 Å². The molecule has 5 aliphatic rings. The molecule has 0 saturated carbocycles. The number of piperazine rings is 1. The second kappa shape index (κ2) is 9.98. The SMILES string of the molecule is FC(F)(F)c1cccc2cccc(N3CCc4c(nc(OCC56CCCN5CCC6)nc4N4CC5CCC(C4)N5)C3)c12. The third-order valence-electron chi connectivity index (χ3n) is 10.3. The highest BCUT2D eigenvalue weighted by molar-refractivity contribution is 5.97. The number of anilines is 2. The maximum Gasteiger partial charge on any atom is 0.417 e. The maximum atomic E-state index is 14.1. The van der Waals surface area contributed by atoms with Crippen molar-refractivity contribution < 1.29 is 17.9 Å². The first-order chi connectivity index (χ1) is 20.4. The van der Waals surface area contributed by atoms with Gasteiger partial charge in [0.05, 0.1) is 23.3 Å². The van der Waals surface area contributed by atoms with Crippen LogP contribution in [-0.2, 0) is 19.1 Å². The van der Waals surface area contributed by atoms with Gasteiger partial charge in [0.15, 0.2) is 0 Å². The van der Waals surface area contributed by atoms with Crippen molar-refractivity contribution in [1.82, 2.24) is 20.2 Å². The van der Waals surface area contributed by atoms with Crippen LogP contribution in [0.2, 0.25) is 0 Å². The number of benzene rings is 2. The summed E-state index contributed by atoms with van der Waals surface area (Å²) in [6.45, 7) is 5.67. The molecule has 10 heteroatoms. The van der Waals surface area contributed by atoms with Crippen LogP contribution in [0, 0.1) is 0 Å². The van der Waals surface area contributed by atoms with Gasteiger partial charge in [0.2, 0.25) is 0 Å². The molecule has 2 atom stereocenters. The summed E-state index contributed by atoms with van der Waals surface area (Å²) in [6, 6.07) is 11.2. The van der Waals surface area contributed by atoms with E-state index in [9.17, 15) is 13.2 Å². The number of aromatic nitrogens is 2. The molecule has 0 aliphatic carbocycles. The van der Waals surface area contributed by atoms with Crippen molar-refractivity contribution >= 4 is 22.3 Å². The van der Waals surface area contributed by atoms with E-state index < -0.39 is 11.7 Å². The fraction of sp³-hybridized carbons (Fsp3) is 0.562. The third kappa shape index (κ3) is 4.49. The number of ether oxygens (including phenoxy) is 1. The van der Waals surface area contributed by atoms with Crippen LogP contribution in [0.4, 0.5) is 24.7 Å². The second-order valence-electron chi connectivity index (χ2n) is 12.9. The van der Waals surface area contributed by atoms with E-state index >= 15 is 0 Å². The van der Waals surface area contributed by atoms with Crippen molar-refractivity contribution in [3.05, 3.63) is 53.2 Å². The van der Waals surface area contributed by atoms with Crippen molar-refractivity contribution in [2.75, 3.05) is 49.1 Å². The van der Waals surface area contributed by atoms with Crippen LogP contribution < -0.4 is 19.9 Å². The predicted octanol–water partition coefficient (Wildman–Crippen LogP) is 5.16. The molecule has 0 amide bonds. The Balaban J connectivity index is 1.16. The molecule has 42 heavy (non-hydrogen) atoms. The summed E-state index contributed by atoms with van der Waals surface area (Å²) >= 11 is 0. The van der Waals surface area contributed by atoms with E-state index in [2.05, 4.69) is 20.0 Å². The monoisotopic (exact) mass is 578 g/mol. The first kappa shape index (κ1) is 26.5. The lowest BCUT2D eigenvalue weighted by Gasteiger charge is -2.38. The summed E-state index contributed by atoms with van der Waals surface area (Å²) in [6.07, 6.45) is 3.26. The van der Waals surface area contributed by atoms with E-state index in [4.69, 9.17) is 14.7 Å². The lowest BCUT2D eigenvalue weighted by atomic mass is 9.95. The van der Waals surface area contributed by atoms with Gasteiger partial charge in [0.25, 0.3) is 0 Å². The molecular weight excluding hydrogens is 541 g/mol. The molecule has 0 spiro atoms. The van der Waals surface area contributed by atoms with Crippen LogP contribution >= 0.6 is 0 Å². The van der Waals surface area contributed by atoms with Crippen LogP contribution in [0.5, 0.6) is 6.01 Å². The summed E-state index contributed by atoms with van der Waals surface area (Å²) in [7, 11) is 0. The Labute approximate surface area is 244 Å². The lowest BCUT2D eigenvalue weighted by Crippen LogP contribution is -2.52. The minimum Gasteiger partial charge on any atom is -0.461 e. The number of halogens is 3. The zero-order valence-corrected chi connectivity index (χ0v) is 23.8. The molecule has 4 saturated heterocycles. The van der Waals surface area contributed by atoms with Crippen LogP contribution in [0.25, 0.3) is 10.8 Å². The van der Waals surface area contributed by atoms with Crippen LogP contribution in [0.15, 0.2) is 36.4 Å². The van der Waals surface area contributed by atoms with Gasteiger partial charge in [0.1, 0.15) is 12.4 Å².